The Morgan fingerprint density at radius 1 is 1.29 bits per heavy atom. The van der Waals surface area contributed by atoms with Gasteiger partial charge in [-0.2, -0.15) is 0 Å². The monoisotopic (exact) mass is 373 g/mol. The molecule has 2 aliphatic rings. The van der Waals surface area contributed by atoms with Gasteiger partial charge in [-0.05, 0) is 37.5 Å². The Labute approximate surface area is 151 Å². The van der Waals surface area contributed by atoms with Crippen LogP contribution < -0.4 is 4.74 Å². The van der Waals surface area contributed by atoms with Gasteiger partial charge in [0.15, 0.2) is 6.61 Å². The summed E-state index contributed by atoms with van der Waals surface area (Å²) in [6.45, 7) is 1.70. The fourth-order valence-electron chi connectivity index (χ4n) is 3.50. The SMILES string of the molecule is O=C(COc1cc(Cl)cc(Cl)c1)N1CCC[C@@H]1[C@@H]1COCC[C@H]1O. The molecular formula is C17H21Cl2NO4. The number of aliphatic hydroxyl groups excluding tert-OH is 1. The molecule has 5 nitrogen and oxygen atoms in total. The summed E-state index contributed by atoms with van der Waals surface area (Å²) in [6.07, 6.45) is 2.04. The summed E-state index contributed by atoms with van der Waals surface area (Å²) in [5.41, 5.74) is 0. The largest absolute Gasteiger partial charge is 0.484 e. The minimum atomic E-state index is -0.412. The second-order valence-electron chi connectivity index (χ2n) is 6.29. The minimum Gasteiger partial charge on any atom is -0.484 e. The molecule has 2 fully saturated rings. The van der Waals surface area contributed by atoms with Crippen molar-refractivity contribution in [2.45, 2.75) is 31.4 Å². The number of hydrogen-bond acceptors (Lipinski definition) is 4. The van der Waals surface area contributed by atoms with Gasteiger partial charge in [0, 0.05) is 35.2 Å². The fourth-order valence-corrected chi connectivity index (χ4v) is 4.01. The van der Waals surface area contributed by atoms with E-state index in [1.165, 1.54) is 0 Å². The van der Waals surface area contributed by atoms with E-state index in [4.69, 9.17) is 32.7 Å². The predicted molar refractivity (Wildman–Crippen MR) is 91.6 cm³/mol. The quantitative estimate of drug-likeness (QED) is 0.881. The van der Waals surface area contributed by atoms with Crippen LogP contribution in [0.25, 0.3) is 0 Å². The molecule has 0 radical (unpaired) electrons. The van der Waals surface area contributed by atoms with E-state index < -0.39 is 6.10 Å². The van der Waals surface area contributed by atoms with Crippen LogP contribution in [0.2, 0.25) is 10.0 Å². The van der Waals surface area contributed by atoms with Crippen LogP contribution in [0.15, 0.2) is 18.2 Å². The molecule has 0 saturated carbocycles. The van der Waals surface area contributed by atoms with Crippen molar-refractivity contribution in [1.82, 2.24) is 4.90 Å². The molecule has 1 N–H and O–H groups in total. The lowest BCUT2D eigenvalue weighted by Gasteiger charge is -2.36. The van der Waals surface area contributed by atoms with Gasteiger partial charge in [-0.25, -0.2) is 0 Å². The Hall–Kier alpha value is -1.01. The highest BCUT2D eigenvalue weighted by molar-refractivity contribution is 6.34. The Morgan fingerprint density at radius 3 is 2.75 bits per heavy atom. The predicted octanol–water partition coefficient (Wildman–Crippen LogP) is 2.76. The van der Waals surface area contributed by atoms with Crippen molar-refractivity contribution in [1.29, 1.82) is 0 Å². The second kappa shape index (κ2) is 7.91. The summed E-state index contributed by atoms with van der Waals surface area (Å²) >= 11 is 11.9. The van der Waals surface area contributed by atoms with E-state index in [0.29, 0.717) is 42.0 Å². The normalized spacial score (nSPS) is 27.3. The molecule has 0 unspecified atom stereocenters. The minimum absolute atomic E-state index is 0.0133. The van der Waals surface area contributed by atoms with Gasteiger partial charge in [-0.3, -0.25) is 4.79 Å². The van der Waals surface area contributed by atoms with E-state index in [1.807, 2.05) is 4.90 Å². The number of ether oxygens (including phenoxy) is 2. The molecule has 1 amide bonds. The van der Waals surface area contributed by atoms with Gasteiger partial charge in [0.1, 0.15) is 5.75 Å². The van der Waals surface area contributed by atoms with Crippen LogP contribution >= 0.6 is 23.2 Å². The van der Waals surface area contributed by atoms with Crippen molar-refractivity contribution >= 4 is 29.1 Å². The third-order valence-electron chi connectivity index (χ3n) is 4.67. The molecule has 0 aliphatic carbocycles. The highest BCUT2D eigenvalue weighted by Gasteiger charge is 2.39. The number of aliphatic hydroxyl groups is 1. The van der Waals surface area contributed by atoms with Gasteiger partial charge in [0.05, 0.1) is 12.7 Å². The van der Waals surface area contributed by atoms with Gasteiger partial charge in [0.25, 0.3) is 5.91 Å². The molecular weight excluding hydrogens is 353 g/mol. The van der Waals surface area contributed by atoms with Crippen LogP contribution in [-0.4, -0.2) is 54.4 Å². The average molecular weight is 374 g/mol. The molecule has 2 aliphatic heterocycles. The van der Waals surface area contributed by atoms with Crippen LogP contribution in [0.5, 0.6) is 5.75 Å². The summed E-state index contributed by atoms with van der Waals surface area (Å²) < 4.78 is 11.0. The van der Waals surface area contributed by atoms with Crippen LogP contribution in [0.3, 0.4) is 0 Å². The summed E-state index contributed by atoms with van der Waals surface area (Å²) in [5, 5.41) is 11.1. The maximum atomic E-state index is 12.6. The topological polar surface area (TPSA) is 59.0 Å². The molecule has 7 heteroatoms. The third kappa shape index (κ3) is 4.14. The third-order valence-corrected chi connectivity index (χ3v) is 5.11. The number of nitrogens with zero attached hydrogens (tertiary/aromatic N) is 1. The Balaban J connectivity index is 1.61. The van der Waals surface area contributed by atoms with Crippen molar-refractivity contribution < 1.29 is 19.4 Å². The number of likely N-dealkylation sites (tertiary alicyclic amines) is 1. The zero-order valence-electron chi connectivity index (χ0n) is 13.3. The molecule has 2 heterocycles. The first kappa shape index (κ1) is 17.8. The first-order chi connectivity index (χ1) is 11.5. The molecule has 24 heavy (non-hydrogen) atoms. The van der Waals surface area contributed by atoms with E-state index in [1.54, 1.807) is 18.2 Å². The first-order valence-corrected chi connectivity index (χ1v) is 8.94. The van der Waals surface area contributed by atoms with Crippen molar-refractivity contribution in [3.05, 3.63) is 28.2 Å². The van der Waals surface area contributed by atoms with Crippen molar-refractivity contribution in [3.63, 3.8) is 0 Å². The van der Waals surface area contributed by atoms with E-state index in [-0.39, 0.29) is 24.5 Å². The number of carbonyl (C=O) groups is 1. The van der Waals surface area contributed by atoms with Gasteiger partial charge in [-0.15, -0.1) is 0 Å². The van der Waals surface area contributed by atoms with Gasteiger partial charge < -0.3 is 19.5 Å². The zero-order valence-corrected chi connectivity index (χ0v) is 14.8. The van der Waals surface area contributed by atoms with Gasteiger partial charge >= 0.3 is 0 Å². The number of amides is 1. The van der Waals surface area contributed by atoms with Crippen molar-refractivity contribution in [3.8, 4) is 5.75 Å². The Morgan fingerprint density at radius 2 is 2.04 bits per heavy atom. The van der Waals surface area contributed by atoms with E-state index >= 15 is 0 Å². The summed E-state index contributed by atoms with van der Waals surface area (Å²) in [4.78, 5) is 14.4. The molecule has 132 valence electrons. The highest BCUT2D eigenvalue weighted by Crippen LogP contribution is 2.30. The zero-order chi connectivity index (χ0) is 17.1. The van der Waals surface area contributed by atoms with Crippen molar-refractivity contribution in [2.75, 3.05) is 26.4 Å². The maximum absolute atomic E-state index is 12.6. The number of halogens is 2. The summed E-state index contributed by atoms with van der Waals surface area (Å²) in [6, 6.07) is 4.87. The lowest BCUT2D eigenvalue weighted by atomic mass is 9.89. The number of benzene rings is 1. The molecule has 1 aromatic carbocycles. The number of hydrogen-bond donors (Lipinski definition) is 1. The van der Waals surface area contributed by atoms with Crippen LogP contribution in [0.1, 0.15) is 19.3 Å². The Kier molecular flexibility index (Phi) is 5.87. The molecule has 0 spiro atoms. The smallest absolute Gasteiger partial charge is 0.260 e. The number of rotatable bonds is 4. The second-order valence-corrected chi connectivity index (χ2v) is 7.16. The van der Waals surface area contributed by atoms with E-state index in [9.17, 15) is 9.90 Å². The van der Waals surface area contributed by atoms with Gasteiger partial charge in [-0.1, -0.05) is 23.2 Å². The van der Waals surface area contributed by atoms with E-state index in [2.05, 4.69) is 0 Å². The molecule has 1 aromatic rings. The summed E-state index contributed by atoms with van der Waals surface area (Å²) in [5.74, 6) is 0.356. The molecule has 2 saturated heterocycles. The average Bonchev–Trinajstić information content (AvgIpc) is 3.01. The van der Waals surface area contributed by atoms with Crippen LogP contribution in [-0.2, 0) is 9.53 Å². The molecule has 3 rings (SSSR count). The Bertz CT molecular complexity index is 578. The van der Waals surface area contributed by atoms with Crippen LogP contribution in [0.4, 0.5) is 0 Å². The lowest BCUT2D eigenvalue weighted by Crippen LogP contribution is -2.49. The van der Waals surface area contributed by atoms with Crippen LogP contribution in [0, 0.1) is 5.92 Å². The molecule has 0 aromatic heterocycles. The van der Waals surface area contributed by atoms with Gasteiger partial charge in [0.2, 0.25) is 0 Å². The van der Waals surface area contributed by atoms with E-state index in [0.717, 1.165) is 12.8 Å². The standard InChI is InChI=1S/C17H21Cl2NO4/c18-11-6-12(19)8-13(7-11)24-10-17(22)20-4-1-2-15(20)14-9-23-5-3-16(14)21/h6-8,14-16,21H,1-5,9-10H2/t14-,15+,16+/m0/s1. The first-order valence-electron chi connectivity index (χ1n) is 8.19. The fraction of sp³-hybridized carbons (Fsp3) is 0.588. The lowest BCUT2D eigenvalue weighted by molar-refractivity contribution is -0.138. The number of carbonyl (C=O) groups excluding carboxylic acids is 1. The van der Waals surface area contributed by atoms with Crippen molar-refractivity contribution in [2.24, 2.45) is 5.92 Å². The highest BCUT2D eigenvalue weighted by atomic mass is 35.5. The maximum Gasteiger partial charge on any atom is 0.260 e. The summed E-state index contributed by atoms with van der Waals surface area (Å²) in [7, 11) is 0. The molecule has 0 bridgehead atoms. The molecule has 3 atom stereocenters.